The summed E-state index contributed by atoms with van der Waals surface area (Å²) in [5.41, 5.74) is 1.84. The number of nitrogens with zero attached hydrogens (tertiary/aromatic N) is 1. The van der Waals surface area contributed by atoms with Crippen LogP contribution >= 0.6 is 0 Å². The summed E-state index contributed by atoms with van der Waals surface area (Å²) in [6.07, 6.45) is 2.39. The van der Waals surface area contributed by atoms with Gasteiger partial charge in [-0.05, 0) is 37.6 Å². The number of pyridine rings is 1. The van der Waals surface area contributed by atoms with Crippen LogP contribution < -0.4 is 5.32 Å². The fourth-order valence-corrected chi connectivity index (χ4v) is 1.76. The van der Waals surface area contributed by atoms with E-state index in [1.165, 1.54) is 18.3 Å². The van der Waals surface area contributed by atoms with Crippen molar-refractivity contribution < 1.29 is 9.18 Å². The van der Waals surface area contributed by atoms with Crippen LogP contribution in [0, 0.1) is 5.82 Å². The number of nitrogens with one attached hydrogen (secondary N) is 1. The van der Waals surface area contributed by atoms with Gasteiger partial charge in [0.2, 0.25) is 0 Å². The zero-order chi connectivity index (χ0) is 14.5. The van der Waals surface area contributed by atoms with Crippen molar-refractivity contribution in [3.63, 3.8) is 0 Å². The molecule has 1 aromatic heterocycles. The van der Waals surface area contributed by atoms with Crippen LogP contribution in [0.15, 0.2) is 42.6 Å². The van der Waals surface area contributed by atoms with E-state index in [-0.39, 0.29) is 17.8 Å². The summed E-state index contributed by atoms with van der Waals surface area (Å²) in [6.45, 7) is 3.96. The van der Waals surface area contributed by atoms with Gasteiger partial charge < -0.3 is 5.32 Å². The maximum Gasteiger partial charge on any atom is 0.253 e. The number of benzene rings is 1. The van der Waals surface area contributed by atoms with Gasteiger partial charge in [-0.2, -0.15) is 0 Å². The van der Waals surface area contributed by atoms with E-state index in [4.69, 9.17) is 0 Å². The monoisotopic (exact) mass is 272 g/mol. The van der Waals surface area contributed by atoms with Crippen molar-refractivity contribution in [1.82, 2.24) is 10.3 Å². The third kappa shape index (κ3) is 3.41. The molecule has 2 aromatic rings. The second kappa shape index (κ2) is 6.28. The Morgan fingerprint density at radius 1 is 1.35 bits per heavy atom. The highest BCUT2D eigenvalue weighted by Crippen LogP contribution is 2.17. The molecule has 1 heterocycles. The predicted octanol–water partition coefficient (Wildman–Crippen LogP) is 3.42. The average molecular weight is 272 g/mol. The molecular formula is C16H17FN2O. The lowest BCUT2D eigenvalue weighted by atomic mass is 10.1. The average Bonchev–Trinajstić information content (AvgIpc) is 2.47. The molecule has 0 aliphatic rings. The van der Waals surface area contributed by atoms with Crippen LogP contribution in [0.4, 0.5) is 4.39 Å². The summed E-state index contributed by atoms with van der Waals surface area (Å²) in [4.78, 5) is 16.1. The van der Waals surface area contributed by atoms with E-state index in [0.717, 1.165) is 6.42 Å². The molecule has 0 bridgehead atoms. The molecule has 0 saturated heterocycles. The number of hydrogen-bond acceptors (Lipinski definition) is 2. The lowest BCUT2D eigenvalue weighted by molar-refractivity contribution is 0.0939. The summed E-state index contributed by atoms with van der Waals surface area (Å²) in [7, 11) is 0. The summed E-state index contributed by atoms with van der Waals surface area (Å²) in [5.74, 6) is -0.444. The molecule has 1 N–H and O–H groups in total. The zero-order valence-corrected chi connectivity index (χ0v) is 11.6. The normalized spacial score (nSPS) is 11.9. The topological polar surface area (TPSA) is 42.0 Å². The minimum absolute atomic E-state index is 0.130. The van der Waals surface area contributed by atoms with Gasteiger partial charge in [-0.3, -0.25) is 9.78 Å². The largest absolute Gasteiger partial charge is 0.350 e. The van der Waals surface area contributed by atoms with Crippen LogP contribution in [0.1, 0.15) is 30.6 Å². The van der Waals surface area contributed by atoms with E-state index >= 15 is 0 Å². The predicted molar refractivity (Wildman–Crippen MR) is 76.9 cm³/mol. The third-order valence-electron chi connectivity index (χ3n) is 3.14. The Morgan fingerprint density at radius 3 is 2.75 bits per heavy atom. The molecule has 0 aliphatic heterocycles. The van der Waals surface area contributed by atoms with Crippen molar-refractivity contribution in [1.29, 1.82) is 0 Å². The first kappa shape index (κ1) is 14.2. The number of carbonyl (C=O) groups is 1. The fraction of sp³-hybridized carbons (Fsp3) is 0.250. The van der Waals surface area contributed by atoms with Gasteiger partial charge in [-0.15, -0.1) is 0 Å². The molecular weight excluding hydrogens is 255 g/mol. The van der Waals surface area contributed by atoms with Crippen molar-refractivity contribution >= 4 is 5.91 Å². The van der Waals surface area contributed by atoms with Gasteiger partial charge in [0.05, 0.1) is 11.3 Å². The highest BCUT2D eigenvalue weighted by molar-refractivity contribution is 5.94. The first-order valence-corrected chi connectivity index (χ1v) is 6.63. The Bertz CT molecular complexity index is 596. The molecule has 1 atom stereocenters. The van der Waals surface area contributed by atoms with Crippen molar-refractivity contribution in [2.45, 2.75) is 26.3 Å². The van der Waals surface area contributed by atoms with Crippen LogP contribution in [0.25, 0.3) is 11.3 Å². The van der Waals surface area contributed by atoms with E-state index in [9.17, 15) is 9.18 Å². The first-order chi connectivity index (χ1) is 9.60. The van der Waals surface area contributed by atoms with Crippen LogP contribution in [0.5, 0.6) is 0 Å². The van der Waals surface area contributed by atoms with Crippen LogP contribution in [-0.4, -0.2) is 16.9 Å². The Hall–Kier alpha value is -2.23. The van der Waals surface area contributed by atoms with E-state index in [2.05, 4.69) is 10.3 Å². The minimum Gasteiger partial charge on any atom is -0.350 e. The number of halogens is 1. The Kier molecular flexibility index (Phi) is 4.45. The van der Waals surface area contributed by atoms with Gasteiger partial charge in [-0.1, -0.05) is 19.1 Å². The van der Waals surface area contributed by atoms with Gasteiger partial charge in [-0.25, -0.2) is 4.39 Å². The van der Waals surface area contributed by atoms with Crippen molar-refractivity contribution in [2.75, 3.05) is 0 Å². The van der Waals surface area contributed by atoms with Gasteiger partial charge in [0, 0.05) is 17.8 Å². The molecule has 0 radical (unpaired) electrons. The van der Waals surface area contributed by atoms with Crippen LogP contribution in [0.2, 0.25) is 0 Å². The van der Waals surface area contributed by atoms with Gasteiger partial charge in [0.1, 0.15) is 5.82 Å². The second-order valence-electron chi connectivity index (χ2n) is 4.73. The quantitative estimate of drug-likeness (QED) is 0.926. The van der Waals surface area contributed by atoms with Gasteiger partial charge in [0.15, 0.2) is 0 Å². The second-order valence-corrected chi connectivity index (χ2v) is 4.73. The highest BCUT2D eigenvalue weighted by Gasteiger charge is 2.09. The first-order valence-electron chi connectivity index (χ1n) is 6.63. The maximum absolute atomic E-state index is 13.2. The SMILES string of the molecule is CCC(C)NC(=O)c1ccc(-c2cccc(F)c2)nc1. The maximum atomic E-state index is 13.2. The standard InChI is InChI=1S/C16H17FN2O/c1-3-11(2)19-16(20)13-7-8-15(18-10-13)12-5-4-6-14(17)9-12/h4-11H,3H2,1-2H3,(H,19,20). The fourth-order valence-electron chi connectivity index (χ4n) is 1.76. The number of rotatable bonds is 4. The molecule has 1 unspecified atom stereocenters. The zero-order valence-electron chi connectivity index (χ0n) is 11.6. The Morgan fingerprint density at radius 2 is 2.15 bits per heavy atom. The molecule has 4 heteroatoms. The van der Waals surface area contributed by atoms with E-state index < -0.39 is 0 Å². The molecule has 104 valence electrons. The summed E-state index contributed by atoms with van der Waals surface area (Å²) >= 11 is 0. The third-order valence-corrected chi connectivity index (χ3v) is 3.14. The molecule has 1 amide bonds. The minimum atomic E-state index is -0.303. The Balaban J connectivity index is 2.16. The lowest BCUT2D eigenvalue weighted by Gasteiger charge is -2.11. The summed E-state index contributed by atoms with van der Waals surface area (Å²) < 4.78 is 13.2. The van der Waals surface area contributed by atoms with E-state index in [1.54, 1.807) is 24.3 Å². The molecule has 0 fully saturated rings. The number of amides is 1. The van der Waals surface area contributed by atoms with Crippen LogP contribution in [-0.2, 0) is 0 Å². The van der Waals surface area contributed by atoms with Gasteiger partial charge in [0.25, 0.3) is 5.91 Å². The van der Waals surface area contributed by atoms with Crippen molar-refractivity contribution in [2.24, 2.45) is 0 Å². The molecule has 0 aliphatic carbocycles. The van der Waals surface area contributed by atoms with E-state index in [1.807, 2.05) is 13.8 Å². The van der Waals surface area contributed by atoms with Crippen molar-refractivity contribution in [3.8, 4) is 11.3 Å². The van der Waals surface area contributed by atoms with Crippen molar-refractivity contribution in [3.05, 3.63) is 54.0 Å². The number of aromatic nitrogens is 1. The van der Waals surface area contributed by atoms with Crippen LogP contribution in [0.3, 0.4) is 0 Å². The number of carbonyl (C=O) groups excluding carboxylic acids is 1. The number of hydrogen-bond donors (Lipinski definition) is 1. The molecule has 3 nitrogen and oxygen atoms in total. The summed E-state index contributed by atoms with van der Waals surface area (Å²) in [6, 6.07) is 9.77. The molecule has 0 saturated carbocycles. The molecule has 0 spiro atoms. The van der Waals surface area contributed by atoms with Gasteiger partial charge >= 0.3 is 0 Å². The molecule has 20 heavy (non-hydrogen) atoms. The smallest absolute Gasteiger partial charge is 0.253 e. The lowest BCUT2D eigenvalue weighted by Crippen LogP contribution is -2.31. The summed E-state index contributed by atoms with van der Waals surface area (Å²) in [5, 5.41) is 2.88. The highest BCUT2D eigenvalue weighted by atomic mass is 19.1. The molecule has 2 rings (SSSR count). The van der Waals surface area contributed by atoms with E-state index in [0.29, 0.717) is 16.8 Å². The molecule has 1 aromatic carbocycles. The Labute approximate surface area is 117 Å².